The lowest BCUT2D eigenvalue weighted by atomic mass is 9.93. The van der Waals surface area contributed by atoms with Crippen LogP contribution in [0.25, 0.3) is 0 Å². The van der Waals surface area contributed by atoms with Gasteiger partial charge in [-0.2, -0.15) is 0 Å². The maximum atomic E-state index is 2.82. The zero-order valence-electron chi connectivity index (χ0n) is 13.6. The lowest BCUT2D eigenvalue weighted by Gasteiger charge is -2.40. The maximum absolute atomic E-state index is 2.82. The van der Waals surface area contributed by atoms with Crippen LogP contribution in [-0.4, -0.2) is 48.6 Å². The monoisotopic (exact) mass is 288 g/mol. The van der Waals surface area contributed by atoms with E-state index in [1.807, 2.05) is 0 Å². The maximum Gasteiger partial charge on any atom is 0.0113 e. The number of hydrogen-bond acceptors (Lipinski definition) is 2. The van der Waals surface area contributed by atoms with Crippen molar-refractivity contribution in [1.82, 2.24) is 9.80 Å². The van der Waals surface area contributed by atoms with E-state index >= 15 is 0 Å². The van der Waals surface area contributed by atoms with Crippen LogP contribution in [0.1, 0.15) is 51.4 Å². The normalized spacial score (nSPS) is 39.0. The third-order valence-corrected chi connectivity index (χ3v) is 6.66. The van der Waals surface area contributed by atoms with Gasteiger partial charge in [0.2, 0.25) is 0 Å². The molecule has 4 rings (SSSR count). The zero-order valence-corrected chi connectivity index (χ0v) is 13.6. The molecule has 1 saturated heterocycles. The minimum atomic E-state index is 0.917. The summed E-state index contributed by atoms with van der Waals surface area (Å²) in [6.45, 7) is 6.70. The third-order valence-electron chi connectivity index (χ3n) is 6.66. The Balaban J connectivity index is 1.24. The second kappa shape index (κ2) is 6.42. The molecule has 0 unspecified atom stereocenters. The van der Waals surface area contributed by atoms with E-state index in [1.165, 1.54) is 84.1 Å². The van der Waals surface area contributed by atoms with Gasteiger partial charge in [0.1, 0.15) is 0 Å². The van der Waals surface area contributed by atoms with Crippen molar-refractivity contribution >= 4 is 0 Å². The van der Waals surface area contributed by atoms with Gasteiger partial charge in [0.25, 0.3) is 0 Å². The Kier molecular flexibility index (Phi) is 4.36. The molecular formula is C19H32N2. The van der Waals surface area contributed by atoms with E-state index in [9.17, 15) is 0 Å². The fourth-order valence-corrected chi connectivity index (χ4v) is 5.37. The molecule has 3 fully saturated rings. The summed E-state index contributed by atoms with van der Waals surface area (Å²) in [5.74, 6) is 2.84. The first-order valence-electron chi connectivity index (χ1n) is 9.53. The summed E-state index contributed by atoms with van der Waals surface area (Å²) in [4.78, 5) is 5.59. The molecule has 0 aromatic heterocycles. The second-order valence-electron chi connectivity index (χ2n) is 8.02. The van der Waals surface area contributed by atoms with Gasteiger partial charge in [0.15, 0.2) is 0 Å². The molecule has 3 atom stereocenters. The lowest BCUT2D eigenvalue weighted by Crippen LogP contribution is -2.51. The van der Waals surface area contributed by atoms with Gasteiger partial charge in [-0.3, -0.25) is 4.90 Å². The van der Waals surface area contributed by atoms with Gasteiger partial charge in [0, 0.05) is 38.8 Å². The van der Waals surface area contributed by atoms with Crippen LogP contribution in [0.4, 0.5) is 0 Å². The summed E-state index contributed by atoms with van der Waals surface area (Å²) < 4.78 is 0. The smallest absolute Gasteiger partial charge is 0.0113 e. The summed E-state index contributed by atoms with van der Waals surface area (Å²) in [5.41, 5.74) is 0. The van der Waals surface area contributed by atoms with Gasteiger partial charge in [-0.25, -0.2) is 0 Å². The average Bonchev–Trinajstić information content (AvgIpc) is 3.02. The zero-order chi connectivity index (χ0) is 14.1. The van der Waals surface area contributed by atoms with E-state index in [4.69, 9.17) is 0 Å². The van der Waals surface area contributed by atoms with Crippen LogP contribution in [0, 0.1) is 17.8 Å². The number of nitrogens with zero attached hydrogens (tertiary/aromatic N) is 2. The van der Waals surface area contributed by atoms with Crippen molar-refractivity contribution in [3.05, 3.63) is 12.2 Å². The minimum Gasteiger partial charge on any atom is -0.300 e. The molecule has 2 saturated carbocycles. The number of fused-ring (bicyclic) bond motifs is 2. The van der Waals surface area contributed by atoms with Gasteiger partial charge < -0.3 is 4.90 Å². The molecule has 0 amide bonds. The Morgan fingerprint density at radius 2 is 1.57 bits per heavy atom. The van der Waals surface area contributed by atoms with Crippen LogP contribution in [-0.2, 0) is 0 Å². The highest BCUT2D eigenvalue weighted by Crippen LogP contribution is 2.43. The first-order chi connectivity index (χ1) is 10.4. The van der Waals surface area contributed by atoms with Gasteiger partial charge in [-0.1, -0.05) is 37.8 Å². The van der Waals surface area contributed by atoms with E-state index in [0.29, 0.717) is 0 Å². The molecule has 2 bridgehead atoms. The summed E-state index contributed by atoms with van der Waals surface area (Å²) in [7, 11) is 0. The van der Waals surface area contributed by atoms with E-state index in [-0.39, 0.29) is 0 Å². The largest absolute Gasteiger partial charge is 0.300 e. The van der Waals surface area contributed by atoms with Crippen molar-refractivity contribution in [3.63, 3.8) is 0 Å². The SMILES string of the molecule is C1=C[C@H]2C[C@@H]1C[C@H]2CN1CCN(C2CCCCCC2)CC1. The molecule has 118 valence electrons. The van der Waals surface area contributed by atoms with Crippen LogP contribution < -0.4 is 0 Å². The number of piperazine rings is 1. The molecule has 0 radical (unpaired) electrons. The number of allylic oxidation sites excluding steroid dienone is 2. The van der Waals surface area contributed by atoms with E-state index < -0.39 is 0 Å². The summed E-state index contributed by atoms with van der Waals surface area (Å²) in [5, 5.41) is 0. The van der Waals surface area contributed by atoms with Crippen molar-refractivity contribution < 1.29 is 0 Å². The lowest BCUT2D eigenvalue weighted by molar-refractivity contribution is 0.0770. The van der Waals surface area contributed by atoms with Crippen LogP contribution >= 0.6 is 0 Å². The van der Waals surface area contributed by atoms with E-state index in [1.54, 1.807) is 0 Å². The Hall–Kier alpha value is -0.340. The molecule has 4 aliphatic rings. The number of hydrogen-bond donors (Lipinski definition) is 0. The van der Waals surface area contributed by atoms with Crippen molar-refractivity contribution in [2.24, 2.45) is 17.8 Å². The van der Waals surface area contributed by atoms with Crippen molar-refractivity contribution in [1.29, 1.82) is 0 Å². The highest BCUT2D eigenvalue weighted by Gasteiger charge is 2.36. The molecule has 3 aliphatic carbocycles. The van der Waals surface area contributed by atoms with Gasteiger partial charge in [0.05, 0.1) is 0 Å². The predicted octanol–water partition coefficient (Wildman–Crippen LogP) is 3.54. The molecule has 1 aliphatic heterocycles. The Bertz CT molecular complexity index is 362. The van der Waals surface area contributed by atoms with Gasteiger partial charge in [-0.15, -0.1) is 0 Å². The first kappa shape index (κ1) is 14.3. The first-order valence-corrected chi connectivity index (χ1v) is 9.53. The van der Waals surface area contributed by atoms with E-state index in [2.05, 4.69) is 22.0 Å². The van der Waals surface area contributed by atoms with Crippen LogP contribution in [0.3, 0.4) is 0 Å². The van der Waals surface area contributed by atoms with Crippen LogP contribution in [0.15, 0.2) is 12.2 Å². The highest BCUT2D eigenvalue weighted by molar-refractivity contribution is 5.10. The molecule has 21 heavy (non-hydrogen) atoms. The molecule has 0 aromatic rings. The fraction of sp³-hybridized carbons (Fsp3) is 0.895. The quantitative estimate of drug-likeness (QED) is 0.579. The van der Waals surface area contributed by atoms with Crippen LogP contribution in [0.5, 0.6) is 0 Å². The average molecular weight is 288 g/mol. The van der Waals surface area contributed by atoms with Gasteiger partial charge in [-0.05, 0) is 43.4 Å². The topological polar surface area (TPSA) is 6.48 Å². The Labute approximate surface area is 130 Å². The second-order valence-corrected chi connectivity index (χ2v) is 8.02. The molecule has 0 spiro atoms. The van der Waals surface area contributed by atoms with Crippen molar-refractivity contribution in [2.75, 3.05) is 32.7 Å². The summed E-state index contributed by atoms with van der Waals surface area (Å²) >= 11 is 0. The molecular weight excluding hydrogens is 256 g/mol. The standard InChI is InChI=1S/C19H32N2/c1-2-4-6-19(5-3-1)21-11-9-20(10-12-21)15-18-14-16-7-8-17(18)13-16/h7-8,16-19H,1-6,9-15H2/t16-,17+,18+/m1/s1. The molecule has 0 aromatic carbocycles. The molecule has 0 N–H and O–H groups in total. The molecule has 1 heterocycles. The summed E-state index contributed by atoms with van der Waals surface area (Å²) in [6, 6.07) is 0.917. The highest BCUT2D eigenvalue weighted by atomic mass is 15.3. The minimum absolute atomic E-state index is 0.917. The van der Waals surface area contributed by atoms with Crippen molar-refractivity contribution in [3.8, 4) is 0 Å². The van der Waals surface area contributed by atoms with E-state index in [0.717, 1.165) is 23.8 Å². The third kappa shape index (κ3) is 3.22. The Morgan fingerprint density at radius 1 is 0.810 bits per heavy atom. The molecule has 2 nitrogen and oxygen atoms in total. The predicted molar refractivity (Wildman–Crippen MR) is 88.3 cm³/mol. The van der Waals surface area contributed by atoms with Gasteiger partial charge >= 0.3 is 0 Å². The number of rotatable bonds is 3. The fourth-order valence-electron chi connectivity index (χ4n) is 5.37. The Morgan fingerprint density at radius 3 is 2.19 bits per heavy atom. The van der Waals surface area contributed by atoms with Crippen LogP contribution in [0.2, 0.25) is 0 Å². The van der Waals surface area contributed by atoms with Crippen molar-refractivity contribution in [2.45, 2.75) is 57.4 Å². The molecule has 2 heteroatoms. The summed E-state index contributed by atoms with van der Waals surface area (Å²) in [6.07, 6.45) is 16.8.